The number of hydrogen-bond acceptors (Lipinski definition) is 3. The highest BCUT2D eigenvalue weighted by Crippen LogP contribution is 2.04. The molecular formula is C9H10N2O2. The first kappa shape index (κ1) is 9.25. The van der Waals surface area contributed by atoms with E-state index in [1.807, 2.05) is 0 Å². The number of carbonyl (C=O) groups excluding carboxylic acids is 2. The average molecular weight is 178 g/mol. The number of amides is 1. The summed E-state index contributed by atoms with van der Waals surface area (Å²) in [4.78, 5) is 20.5. The van der Waals surface area contributed by atoms with Gasteiger partial charge in [0.2, 0.25) is 6.29 Å². The standard InChI is InChI=1S/C9H10N2O2/c10-8-3-1-7(2-4-8)5-11-9(13)6-12/h1-4,6H,5,10H2,(H,11,13). The van der Waals surface area contributed by atoms with Crippen molar-refractivity contribution in [1.29, 1.82) is 0 Å². The third kappa shape index (κ3) is 2.94. The maximum Gasteiger partial charge on any atom is 0.284 e. The molecule has 0 aliphatic rings. The van der Waals surface area contributed by atoms with Gasteiger partial charge in [0, 0.05) is 12.2 Å². The molecule has 0 fully saturated rings. The lowest BCUT2D eigenvalue weighted by Gasteiger charge is -2.01. The molecule has 0 bridgehead atoms. The van der Waals surface area contributed by atoms with Crippen molar-refractivity contribution in [3.63, 3.8) is 0 Å². The van der Waals surface area contributed by atoms with Gasteiger partial charge in [0.25, 0.3) is 5.91 Å². The van der Waals surface area contributed by atoms with E-state index < -0.39 is 5.91 Å². The van der Waals surface area contributed by atoms with Crippen molar-refractivity contribution in [3.8, 4) is 0 Å². The smallest absolute Gasteiger partial charge is 0.284 e. The molecule has 13 heavy (non-hydrogen) atoms. The summed E-state index contributed by atoms with van der Waals surface area (Å²) in [7, 11) is 0. The Kier molecular flexibility index (Phi) is 3.03. The first-order valence-electron chi connectivity index (χ1n) is 3.80. The summed E-state index contributed by atoms with van der Waals surface area (Å²) < 4.78 is 0. The lowest BCUT2D eigenvalue weighted by molar-refractivity contribution is -0.131. The molecule has 0 spiro atoms. The maximum absolute atomic E-state index is 10.5. The van der Waals surface area contributed by atoms with Gasteiger partial charge in [-0.1, -0.05) is 12.1 Å². The molecule has 0 radical (unpaired) electrons. The van der Waals surface area contributed by atoms with Crippen LogP contribution < -0.4 is 11.1 Å². The molecule has 4 nitrogen and oxygen atoms in total. The molecule has 0 atom stereocenters. The largest absolute Gasteiger partial charge is 0.399 e. The zero-order valence-corrected chi connectivity index (χ0v) is 6.99. The zero-order chi connectivity index (χ0) is 9.68. The van der Waals surface area contributed by atoms with Crippen molar-refractivity contribution in [3.05, 3.63) is 29.8 Å². The van der Waals surface area contributed by atoms with Crippen molar-refractivity contribution in [2.45, 2.75) is 6.54 Å². The number of anilines is 1. The van der Waals surface area contributed by atoms with Gasteiger partial charge in [-0.2, -0.15) is 0 Å². The van der Waals surface area contributed by atoms with Gasteiger partial charge in [-0.05, 0) is 17.7 Å². The Balaban J connectivity index is 2.50. The summed E-state index contributed by atoms with van der Waals surface area (Å²) in [5.41, 5.74) is 7.04. The Morgan fingerprint density at radius 3 is 2.54 bits per heavy atom. The molecule has 1 aromatic carbocycles. The minimum Gasteiger partial charge on any atom is -0.399 e. The van der Waals surface area contributed by atoms with E-state index in [4.69, 9.17) is 5.73 Å². The number of nitrogens with two attached hydrogens (primary N) is 1. The summed E-state index contributed by atoms with van der Waals surface area (Å²) in [6.45, 7) is 0.345. The molecule has 0 aromatic heterocycles. The Labute approximate surface area is 75.7 Å². The summed E-state index contributed by atoms with van der Waals surface area (Å²) in [6.07, 6.45) is 0.247. The third-order valence-electron chi connectivity index (χ3n) is 1.55. The maximum atomic E-state index is 10.5. The van der Waals surface area contributed by atoms with Crippen LogP contribution >= 0.6 is 0 Å². The number of nitrogens with one attached hydrogen (secondary N) is 1. The second-order valence-corrected chi connectivity index (χ2v) is 2.58. The number of benzene rings is 1. The first-order valence-corrected chi connectivity index (χ1v) is 3.80. The molecule has 1 amide bonds. The SMILES string of the molecule is Nc1ccc(CNC(=O)C=O)cc1. The molecule has 0 aliphatic carbocycles. The summed E-state index contributed by atoms with van der Waals surface area (Å²) in [5, 5.41) is 2.42. The molecule has 1 aromatic rings. The van der Waals surface area contributed by atoms with Crippen LogP contribution in [0.15, 0.2) is 24.3 Å². The molecule has 0 saturated heterocycles. The van der Waals surface area contributed by atoms with Gasteiger partial charge in [-0.25, -0.2) is 0 Å². The van der Waals surface area contributed by atoms with Crippen LogP contribution in [0.4, 0.5) is 5.69 Å². The number of rotatable bonds is 3. The number of nitrogen functional groups attached to an aromatic ring is 1. The van der Waals surface area contributed by atoms with Crippen molar-refractivity contribution >= 4 is 17.9 Å². The minimum absolute atomic E-state index is 0.247. The number of aldehydes is 1. The molecular weight excluding hydrogens is 168 g/mol. The highest BCUT2D eigenvalue weighted by Gasteiger charge is 1.97. The second kappa shape index (κ2) is 4.25. The molecule has 68 valence electrons. The molecule has 3 N–H and O–H groups in total. The second-order valence-electron chi connectivity index (χ2n) is 2.58. The van der Waals surface area contributed by atoms with Gasteiger partial charge >= 0.3 is 0 Å². The van der Waals surface area contributed by atoms with Gasteiger partial charge in [-0.3, -0.25) is 9.59 Å². The van der Waals surface area contributed by atoms with Crippen LogP contribution in [0.2, 0.25) is 0 Å². The van der Waals surface area contributed by atoms with Crippen molar-refractivity contribution in [2.24, 2.45) is 0 Å². The lowest BCUT2D eigenvalue weighted by Crippen LogP contribution is -2.23. The van der Waals surface area contributed by atoms with Crippen molar-refractivity contribution < 1.29 is 9.59 Å². The highest BCUT2D eigenvalue weighted by atomic mass is 16.2. The number of carbonyl (C=O) groups is 2. The third-order valence-corrected chi connectivity index (χ3v) is 1.55. The van der Waals surface area contributed by atoms with E-state index in [-0.39, 0.29) is 6.29 Å². The van der Waals surface area contributed by atoms with Crippen LogP contribution in [-0.2, 0) is 16.1 Å². The molecule has 1 rings (SSSR count). The van der Waals surface area contributed by atoms with Gasteiger partial charge < -0.3 is 11.1 Å². The van der Waals surface area contributed by atoms with Crippen LogP contribution in [0.3, 0.4) is 0 Å². The monoisotopic (exact) mass is 178 g/mol. The van der Waals surface area contributed by atoms with Crippen LogP contribution in [0.5, 0.6) is 0 Å². The van der Waals surface area contributed by atoms with Crippen molar-refractivity contribution in [1.82, 2.24) is 5.32 Å². The molecule has 4 heteroatoms. The normalized spacial score (nSPS) is 9.23. The van der Waals surface area contributed by atoms with Crippen molar-refractivity contribution in [2.75, 3.05) is 5.73 Å². The average Bonchev–Trinajstić information content (AvgIpc) is 2.16. The van der Waals surface area contributed by atoms with Gasteiger partial charge in [-0.15, -0.1) is 0 Å². The first-order chi connectivity index (χ1) is 6.22. The van der Waals surface area contributed by atoms with E-state index in [9.17, 15) is 9.59 Å². The Morgan fingerprint density at radius 1 is 1.38 bits per heavy atom. The lowest BCUT2D eigenvalue weighted by atomic mass is 10.2. The van der Waals surface area contributed by atoms with Gasteiger partial charge in [0.1, 0.15) is 0 Å². The van der Waals surface area contributed by atoms with E-state index in [0.29, 0.717) is 12.2 Å². The van der Waals surface area contributed by atoms with Gasteiger partial charge in [0.15, 0.2) is 0 Å². The van der Waals surface area contributed by atoms with Crippen LogP contribution in [0.1, 0.15) is 5.56 Å². The fourth-order valence-corrected chi connectivity index (χ4v) is 0.866. The van der Waals surface area contributed by atoms with E-state index >= 15 is 0 Å². The van der Waals surface area contributed by atoms with Crippen LogP contribution in [0.25, 0.3) is 0 Å². The zero-order valence-electron chi connectivity index (χ0n) is 6.99. The molecule has 0 heterocycles. The number of hydrogen-bond donors (Lipinski definition) is 2. The van der Waals surface area contributed by atoms with Gasteiger partial charge in [0.05, 0.1) is 0 Å². The molecule has 0 unspecified atom stereocenters. The Hall–Kier alpha value is -1.84. The topological polar surface area (TPSA) is 72.2 Å². The Morgan fingerprint density at radius 2 is 2.00 bits per heavy atom. The molecule has 0 saturated carbocycles. The minimum atomic E-state index is -0.614. The van der Waals surface area contributed by atoms with E-state index in [1.54, 1.807) is 24.3 Å². The van der Waals surface area contributed by atoms with E-state index in [1.165, 1.54) is 0 Å². The quantitative estimate of drug-likeness (QED) is 0.391. The fourth-order valence-electron chi connectivity index (χ4n) is 0.866. The van der Waals surface area contributed by atoms with Crippen LogP contribution in [-0.4, -0.2) is 12.2 Å². The summed E-state index contributed by atoms with van der Waals surface area (Å²) in [5.74, 6) is -0.614. The van der Waals surface area contributed by atoms with E-state index in [2.05, 4.69) is 5.32 Å². The summed E-state index contributed by atoms with van der Waals surface area (Å²) in [6, 6.07) is 7.06. The fraction of sp³-hybridized carbons (Fsp3) is 0.111. The molecule has 0 aliphatic heterocycles. The Bertz CT molecular complexity index is 306. The highest BCUT2D eigenvalue weighted by molar-refractivity contribution is 6.23. The van der Waals surface area contributed by atoms with E-state index in [0.717, 1.165) is 5.56 Å². The predicted octanol–water partition coefficient (Wildman–Crippen LogP) is 0.0839. The summed E-state index contributed by atoms with van der Waals surface area (Å²) >= 11 is 0. The predicted molar refractivity (Wildman–Crippen MR) is 48.8 cm³/mol. The van der Waals surface area contributed by atoms with Crippen LogP contribution in [0, 0.1) is 0 Å².